The van der Waals surface area contributed by atoms with E-state index >= 15 is 0 Å². The van der Waals surface area contributed by atoms with Crippen LogP contribution in [0.15, 0.2) is 58.1 Å². The van der Waals surface area contributed by atoms with Crippen molar-refractivity contribution in [3.05, 3.63) is 74.9 Å². The largest absolute Gasteiger partial charge is 0.341 e. The van der Waals surface area contributed by atoms with Crippen LogP contribution < -0.4 is 11.2 Å². The predicted octanol–water partition coefficient (Wildman–Crippen LogP) is 2.34. The molecule has 0 saturated carbocycles. The highest BCUT2D eigenvalue weighted by molar-refractivity contribution is 5.82. The molecule has 2 aromatic carbocycles. The van der Waals surface area contributed by atoms with Crippen LogP contribution in [-0.4, -0.2) is 33.0 Å². The number of carbonyl (C=O) groups excluding carboxylic acids is 1. The van der Waals surface area contributed by atoms with Crippen molar-refractivity contribution < 1.29 is 4.79 Å². The van der Waals surface area contributed by atoms with E-state index in [2.05, 4.69) is 0 Å². The topological polar surface area (TPSA) is 64.3 Å². The van der Waals surface area contributed by atoms with Gasteiger partial charge in [-0.2, -0.15) is 0 Å². The van der Waals surface area contributed by atoms with Gasteiger partial charge in [0.1, 0.15) is 6.54 Å². The molecule has 0 spiro atoms. The number of fused-ring (bicyclic) bond motifs is 1. The van der Waals surface area contributed by atoms with Crippen LogP contribution >= 0.6 is 0 Å². The number of hydrogen-bond acceptors (Lipinski definition) is 3. The van der Waals surface area contributed by atoms with Gasteiger partial charge in [-0.05, 0) is 49.1 Å². The molecule has 0 unspecified atom stereocenters. The van der Waals surface area contributed by atoms with Crippen molar-refractivity contribution in [2.75, 3.05) is 13.1 Å². The van der Waals surface area contributed by atoms with Crippen LogP contribution in [0.1, 0.15) is 25.3 Å². The molecule has 1 fully saturated rings. The number of nitrogens with zero attached hydrogens (tertiary/aromatic N) is 3. The number of aromatic nitrogens is 2. The first-order valence-corrected chi connectivity index (χ1v) is 9.72. The van der Waals surface area contributed by atoms with Crippen LogP contribution in [0.4, 0.5) is 0 Å². The highest BCUT2D eigenvalue weighted by Crippen LogP contribution is 2.13. The number of rotatable bonds is 4. The van der Waals surface area contributed by atoms with Crippen molar-refractivity contribution >= 4 is 16.8 Å². The van der Waals surface area contributed by atoms with Crippen LogP contribution in [0.3, 0.4) is 0 Å². The second-order valence-corrected chi connectivity index (χ2v) is 7.13. The number of para-hydroxylation sites is 1. The Kier molecular flexibility index (Phi) is 4.86. The summed E-state index contributed by atoms with van der Waals surface area (Å²) in [5.41, 5.74) is 1.28. The van der Waals surface area contributed by atoms with E-state index < -0.39 is 5.69 Å². The lowest BCUT2D eigenvalue weighted by Gasteiger charge is -2.18. The van der Waals surface area contributed by atoms with Crippen LogP contribution in [0.25, 0.3) is 16.6 Å². The Morgan fingerprint density at radius 1 is 0.964 bits per heavy atom. The molecule has 1 saturated heterocycles. The van der Waals surface area contributed by atoms with Crippen molar-refractivity contribution in [2.45, 2.75) is 32.7 Å². The Labute approximate surface area is 162 Å². The molecule has 144 valence electrons. The Morgan fingerprint density at radius 2 is 1.64 bits per heavy atom. The van der Waals surface area contributed by atoms with Gasteiger partial charge in [0.2, 0.25) is 5.91 Å². The Morgan fingerprint density at radius 3 is 2.32 bits per heavy atom. The molecule has 1 aliphatic heterocycles. The minimum Gasteiger partial charge on any atom is -0.341 e. The summed E-state index contributed by atoms with van der Waals surface area (Å²) in [5.74, 6) is -0.0868. The second-order valence-electron chi connectivity index (χ2n) is 7.13. The summed E-state index contributed by atoms with van der Waals surface area (Å²) in [6.07, 6.45) is 2.86. The smallest absolute Gasteiger partial charge is 0.336 e. The number of aryl methyl sites for hydroxylation is 1. The zero-order valence-corrected chi connectivity index (χ0v) is 15.9. The number of hydrogen-bond donors (Lipinski definition) is 0. The van der Waals surface area contributed by atoms with Gasteiger partial charge in [0, 0.05) is 13.1 Å². The van der Waals surface area contributed by atoms with Crippen LogP contribution in [0, 0.1) is 0 Å². The van der Waals surface area contributed by atoms with Gasteiger partial charge in [0.25, 0.3) is 5.56 Å². The molecule has 1 aliphatic rings. The average Bonchev–Trinajstić information content (AvgIpc) is 3.27. The molecule has 4 rings (SSSR count). The molecule has 28 heavy (non-hydrogen) atoms. The van der Waals surface area contributed by atoms with E-state index in [9.17, 15) is 14.4 Å². The fraction of sp³-hybridized carbons (Fsp3) is 0.318. The number of amides is 1. The van der Waals surface area contributed by atoms with Crippen LogP contribution in [0.2, 0.25) is 0 Å². The molecular weight excluding hydrogens is 354 g/mol. The minimum atomic E-state index is -0.486. The zero-order chi connectivity index (χ0) is 19.7. The van der Waals surface area contributed by atoms with E-state index in [4.69, 9.17) is 0 Å². The molecule has 0 bridgehead atoms. The third kappa shape index (κ3) is 3.15. The molecular formula is C22H23N3O3. The third-order valence-electron chi connectivity index (χ3n) is 5.41. The maximum Gasteiger partial charge on any atom is 0.336 e. The van der Waals surface area contributed by atoms with Crippen LogP contribution in [0.5, 0.6) is 0 Å². The number of benzene rings is 2. The molecule has 6 heteroatoms. The lowest BCUT2D eigenvalue weighted by molar-refractivity contribution is -0.130. The predicted molar refractivity (Wildman–Crippen MR) is 109 cm³/mol. The lowest BCUT2D eigenvalue weighted by Crippen LogP contribution is -2.42. The van der Waals surface area contributed by atoms with Gasteiger partial charge in [-0.3, -0.25) is 14.2 Å². The summed E-state index contributed by atoms with van der Waals surface area (Å²) in [6, 6.07) is 14.4. The second kappa shape index (κ2) is 7.46. The van der Waals surface area contributed by atoms with Gasteiger partial charge in [-0.25, -0.2) is 9.36 Å². The van der Waals surface area contributed by atoms with Crippen molar-refractivity contribution in [1.29, 1.82) is 0 Å². The number of likely N-dealkylation sites (tertiary alicyclic amines) is 1. The molecule has 1 aromatic heterocycles. The first kappa shape index (κ1) is 18.2. The molecule has 3 aromatic rings. The van der Waals surface area contributed by atoms with Gasteiger partial charge in [0.15, 0.2) is 0 Å². The molecule has 0 radical (unpaired) electrons. The van der Waals surface area contributed by atoms with E-state index in [1.54, 1.807) is 41.3 Å². The van der Waals surface area contributed by atoms with E-state index in [1.807, 2.05) is 19.1 Å². The zero-order valence-electron chi connectivity index (χ0n) is 15.9. The molecule has 0 atom stereocenters. The fourth-order valence-corrected chi connectivity index (χ4v) is 3.78. The van der Waals surface area contributed by atoms with Crippen molar-refractivity contribution in [3.63, 3.8) is 0 Å². The van der Waals surface area contributed by atoms with Crippen molar-refractivity contribution in [3.8, 4) is 5.69 Å². The van der Waals surface area contributed by atoms with E-state index in [0.717, 1.165) is 37.9 Å². The summed E-state index contributed by atoms with van der Waals surface area (Å²) < 4.78 is 2.59. The molecule has 1 amide bonds. The molecule has 0 N–H and O–H groups in total. The first-order chi connectivity index (χ1) is 13.6. The van der Waals surface area contributed by atoms with Gasteiger partial charge in [-0.1, -0.05) is 31.2 Å². The molecule has 0 aliphatic carbocycles. The summed E-state index contributed by atoms with van der Waals surface area (Å²) in [5, 5.41) is 0.427. The maximum absolute atomic E-state index is 13.3. The number of carbonyl (C=O) groups is 1. The van der Waals surface area contributed by atoms with E-state index in [0.29, 0.717) is 16.6 Å². The van der Waals surface area contributed by atoms with E-state index in [-0.39, 0.29) is 18.0 Å². The standard InChI is InChI=1S/C22H23N3O3/c1-2-16-9-11-17(12-10-16)25-21(27)18-7-3-4-8-19(18)24(22(25)28)15-20(26)23-13-5-6-14-23/h3-4,7-12H,2,5-6,13-15H2,1H3. The Bertz CT molecular complexity index is 1140. The normalized spacial score (nSPS) is 14.0. The maximum atomic E-state index is 13.3. The Hall–Kier alpha value is -3.15. The van der Waals surface area contributed by atoms with Crippen molar-refractivity contribution in [2.24, 2.45) is 0 Å². The van der Waals surface area contributed by atoms with Crippen molar-refractivity contribution in [1.82, 2.24) is 14.0 Å². The molecule has 6 nitrogen and oxygen atoms in total. The average molecular weight is 377 g/mol. The lowest BCUT2D eigenvalue weighted by atomic mass is 10.1. The minimum absolute atomic E-state index is 0.0628. The quantitative estimate of drug-likeness (QED) is 0.701. The van der Waals surface area contributed by atoms with Gasteiger partial charge in [-0.15, -0.1) is 0 Å². The highest BCUT2D eigenvalue weighted by atomic mass is 16.2. The Balaban J connectivity index is 1.89. The summed E-state index contributed by atoms with van der Waals surface area (Å²) in [4.78, 5) is 40.8. The monoisotopic (exact) mass is 377 g/mol. The van der Waals surface area contributed by atoms with Gasteiger partial charge < -0.3 is 4.90 Å². The summed E-state index contributed by atoms with van der Waals surface area (Å²) >= 11 is 0. The highest BCUT2D eigenvalue weighted by Gasteiger charge is 2.21. The molecule has 2 heterocycles. The fourth-order valence-electron chi connectivity index (χ4n) is 3.78. The first-order valence-electron chi connectivity index (χ1n) is 9.72. The SMILES string of the molecule is CCc1ccc(-n2c(=O)c3ccccc3n(CC(=O)N3CCCC3)c2=O)cc1. The summed E-state index contributed by atoms with van der Waals surface area (Å²) in [6.45, 7) is 3.44. The summed E-state index contributed by atoms with van der Waals surface area (Å²) in [7, 11) is 0. The third-order valence-corrected chi connectivity index (χ3v) is 5.41. The van der Waals surface area contributed by atoms with Gasteiger partial charge >= 0.3 is 5.69 Å². The van der Waals surface area contributed by atoms with E-state index in [1.165, 1.54) is 9.13 Å². The van der Waals surface area contributed by atoms with Crippen LogP contribution in [-0.2, 0) is 17.8 Å². The van der Waals surface area contributed by atoms with Gasteiger partial charge in [0.05, 0.1) is 16.6 Å².